The van der Waals surface area contributed by atoms with Gasteiger partial charge in [0.15, 0.2) is 0 Å². The number of nitrogens with two attached hydrogens (primary N) is 1. The monoisotopic (exact) mass is 323 g/mol. The number of carbonyl (C=O) groups is 1. The molecule has 1 aromatic heterocycles. The number of nitrogens with zero attached hydrogens (tertiary/aromatic N) is 3. The van der Waals surface area contributed by atoms with Crippen LogP contribution in [0.15, 0.2) is 48.5 Å². The van der Waals surface area contributed by atoms with E-state index in [1.807, 2.05) is 37.3 Å². The lowest BCUT2D eigenvalue weighted by Crippen LogP contribution is -2.16. The van der Waals surface area contributed by atoms with E-state index in [9.17, 15) is 4.79 Å². The molecule has 122 valence electrons. The number of carbonyl (C=O) groups excluding carboxylic acids is 1. The fourth-order valence-electron chi connectivity index (χ4n) is 2.21. The van der Waals surface area contributed by atoms with Crippen LogP contribution in [-0.2, 0) is 0 Å². The second-order valence-electron chi connectivity index (χ2n) is 5.20. The molecular formula is C17H17N5O2. The van der Waals surface area contributed by atoms with E-state index in [-0.39, 0.29) is 17.8 Å². The van der Waals surface area contributed by atoms with Crippen LogP contribution in [0.2, 0.25) is 0 Å². The van der Waals surface area contributed by atoms with Gasteiger partial charge in [0.05, 0.1) is 12.8 Å². The molecule has 7 heteroatoms. The lowest BCUT2D eigenvalue weighted by Gasteiger charge is -2.07. The molecule has 0 aliphatic rings. The average molecular weight is 323 g/mol. The maximum atomic E-state index is 12.5. The van der Waals surface area contributed by atoms with Gasteiger partial charge in [-0.15, -0.1) is 5.10 Å². The van der Waals surface area contributed by atoms with Gasteiger partial charge in [-0.25, -0.2) is 0 Å². The second-order valence-corrected chi connectivity index (χ2v) is 5.20. The highest BCUT2D eigenvalue weighted by Gasteiger charge is 2.16. The minimum atomic E-state index is -0.340. The van der Waals surface area contributed by atoms with E-state index in [0.717, 1.165) is 10.2 Å². The second kappa shape index (κ2) is 6.41. The minimum absolute atomic E-state index is 0.0120. The highest BCUT2D eigenvalue weighted by molar-refractivity contribution is 5.96. The normalized spacial score (nSPS) is 10.4. The number of hydrogen-bond donors (Lipinski definition) is 2. The molecule has 0 bridgehead atoms. The van der Waals surface area contributed by atoms with Gasteiger partial charge < -0.3 is 15.8 Å². The molecule has 0 aliphatic carbocycles. The molecule has 0 amide bonds. The van der Waals surface area contributed by atoms with Gasteiger partial charge in [-0.3, -0.25) is 4.79 Å². The Morgan fingerprint density at radius 3 is 2.58 bits per heavy atom. The van der Waals surface area contributed by atoms with Crippen LogP contribution >= 0.6 is 0 Å². The summed E-state index contributed by atoms with van der Waals surface area (Å²) >= 11 is 0. The summed E-state index contributed by atoms with van der Waals surface area (Å²) in [6.45, 7) is 1.95. The lowest BCUT2D eigenvalue weighted by atomic mass is 10.1. The molecule has 0 aliphatic heterocycles. The maximum absolute atomic E-state index is 12.5. The number of nitrogen functional groups attached to an aromatic ring is 1. The lowest BCUT2D eigenvalue weighted by molar-refractivity contribution is 0.0948. The summed E-state index contributed by atoms with van der Waals surface area (Å²) in [4.78, 5) is 16.6. The summed E-state index contributed by atoms with van der Waals surface area (Å²) in [6.07, 6.45) is 0. The summed E-state index contributed by atoms with van der Waals surface area (Å²) in [5, 5.41) is 7.14. The predicted molar refractivity (Wildman–Crippen MR) is 91.6 cm³/mol. The largest absolute Gasteiger partial charge is 0.495 e. The third kappa shape index (κ3) is 3.05. The Labute approximate surface area is 139 Å². The highest BCUT2D eigenvalue weighted by Crippen LogP contribution is 2.26. The number of anilines is 3. The summed E-state index contributed by atoms with van der Waals surface area (Å²) in [7, 11) is 1.57. The molecule has 3 rings (SSSR count). The number of benzene rings is 2. The first kappa shape index (κ1) is 15.5. The number of hydrogen-bond acceptors (Lipinski definition) is 6. The van der Waals surface area contributed by atoms with Crippen LogP contribution in [0.4, 0.5) is 17.6 Å². The van der Waals surface area contributed by atoms with Crippen molar-refractivity contribution in [3.8, 4) is 5.75 Å². The summed E-state index contributed by atoms with van der Waals surface area (Å²) < 4.78 is 6.33. The van der Waals surface area contributed by atoms with Crippen LogP contribution in [0.3, 0.4) is 0 Å². The summed E-state index contributed by atoms with van der Waals surface area (Å²) in [5.41, 5.74) is 8.06. The van der Waals surface area contributed by atoms with E-state index in [2.05, 4.69) is 15.4 Å². The molecule has 7 nitrogen and oxygen atoms in total. The minimum Gasteiger partial charge on any atom is -0.495 e. The molecule has 24 heavy (non-hydrogen) atoms. The summed E-state index contributed by atoms with van der Waals surface area (Å²) in [6, 6.07) is 14.5. The number of nitrogens with one attached hydrogen (secondary N) is 1. The molecule has 0 unspecified atom stereocenters. The molecule has 0 radical (unpaired) electrons. The topological polar surface area (TPSA) is 95.1 Å². The molecule has 0 atom stereocenters. The van der Waals surface area contributed by atoms with Crippen LogP contribution in [0.1, 0.15) is 15.9 Å². The van der Waals surface area contributed by atoms with Crippen LogP contribution in [0.25, 0.3) is 0 Å². The number of aromatic nitrogens is 3. The first-order chi connectivity index (χ1) is 11.6. The Hall–Kier alpha value is -3.35. The first-order valence-corrected chi connectivity index (χ1v) is 7.32. The molecule has 0 saturated carbocycles. The number of methoxy groups -OCH3 is 1. The third-order valence-corrected chi connectivity index (χ3v) is 3.48. The fourth-order valence-corrected chi connectivity index (χ4v) is 2.21. The average Bonchev–Trinajstić information content (AvgIpc) is 2.96. The highest BCUT2D eigenvalue weighted by atomic mass is 16.5. The quantitative estimate of drug-likeness (QED) is 0.766. The molecule has 0 spiro atoms. The van der Waals surface area contributed by atoms with Gasteiger partial charge in [-0.2, -0.15) is 9.67 Å². The number of para-hydroxylation sites is 2. The molecule has 1 heterocycles. The van der Waals surface area contributed by atoms with Gasteiger partial charge in [0.1, 0.15) is 5.75 Å². The number of aryl methyl sites for hydroxylation is 1. The van der Waals surface area contributed by atoms with Crippen molar-refractivity contribution in [1.29, 1.82) is 0 Å². The Morgan fingerprint density at radius 2 is 1.88 bits per heavy atom. The molecule has 3 N–H and O–H groups in total. The standard InChI is InChI=1S/C17H17N5O2/c1-11-7-9-12(10-8-11)15(23)22-16(18)20-17(21-22)19-13-5-3-4-6-14(13)24-2/h3-10H,1-2H3,(H3,18,19,20,21). The van der Waals surface area contributed by atoms with E-state index in [1.165, 1.54) is 0 Å². The Bertz CT molecular complexity index is 871. The van der Waals surface area contributed by atoms with Crippen molar-refractivity contribution in [1.82, 2.24) is 14.8 Å². The predicted octanol–water partition coefficient (Wildman–Crippen LogP) is 2.61. The van der Waals surface area contributed by atoms with Crippen molar-refractivity contribution in [2.75, 3.05) is 18.2 Å². The van der Waals surface area contributed by atoms with Crippen molar-refractivity contribution in [2.45, 2.75) is 6.92 Å². The zero-order valence-electron chi connectivity index (χ0n) is 13.4. The Kier molecular flexibility index (Phi) is 4.15. The SMILES string of the molecule is COc1ccccc1Nc1nc(N)n(C(=O)c2ccc(C)cc2)n1. The van der Waals surface area contributed by atoms with E-state index < -0.39 is 0 Å². The van der Waals surface area contributed by atoms with Crippen LogP contribution in [0.5, 0.6) is 5.75 Å². The molecule has 2 aromatic carbocycles. The van der Waals surface area contributed by atoms with Gasteiger partial charge in [0.2, 0.25) is 11.9 Å². The summed E-state index contributed by atoms with van der Waals surface area (Å²) in [5.74, 6) is 0.529. The number of rotatable bonds is 4. The molecular weight excluding hydrogens is 306 g/mol. The van der Waals surface area contributed by atoms with Gasteiger partial charge in [-0.1, -0.05) is 29.8 Å². The number of ether oxygens (including phenoxy) is 1. The third-order valence-electron chi connectivity index (χ3n) is 3.48. The van der Waals surface area contributed by atoms with Crippen molar-refractivity contribution in [2.24, 2.45) is 0 Å². The van der Waals surface area contributed by atoms with Crippen molar-refractivity contribution in [3.05, 3.63) is 59.7 Å². The van der Waals surface area contributed by atoms with Crippen molar-refractivity contribution in [3.63, 3.8) is 0 Å². The van der Waals surface area contributed by atoms with Crippen molar-refractivity contribution < 1.29 is 9.53 Å². The van der Waals surface area contributed by atoms with Gasteiger partial charge >= 0.3 is 0 Å². The van der Waals surface area contributed by atoms with E-state index in [4.69, 9.17) is 10.5 Å². The Balaban J connectivity index is 1.87. The van der Waals surface area contributed by atoms with Gasteiger partial charge in [-0.05, 0) is 31.2 Å². The molecule has 0 fully saturated rings. The van der Waals surface area contributed by atoms with Crippen LogP contribution in [0, 0.1) is 6.92 Å². The van der Waals surface area contributed by atoms with Gasteiger partial charge in [0, 0.05) is 5.56 Å². The van der Waals surface area contributed by atoms with Crippen LogP contribution in [-0.4, -0.2) is 27.8 Å². The fraction of sp³-hybridized carbons (Fsp3) is 0.118. The Morgan fingerprint density at radius 1 is 1.17 bits per heavy atom. The zero-order valence-corrected chi connectivity index (χ0v) is 13.4. The smallest absolute Gasteiger partial charge is 0.281 e. The van der Waals surface area contributed by atoms with E-state index in [0.29, 0.717) is 17.0 Å². The van der Waals surface area contributed by atoms with Gasteiger partial charge in [0.25, 0.3) is 5.91 Å². The first-order valence-electron chi connectivity index (χ1n) is 7.32. The maximum Gasteiger partial charge on any atom is 0.281 e. The van der Waals surface area contributed by atoms with Crippen LogP contribution < -0.4 is 15.8 Å². The molecule has 0 saturated heterocycles. The zero-order chi connectivity index (χ0) is 17.1. The molecule has 3 aromatic rings. The van der Waals surface area contributed by atoms with E-state index >= 15 is 0 Å². The van der Waals surface area contributed by atoms with E-state index in [1.54, 1.807) is 25.3 Å². The van der Waals surface area contributed by atoms with Crippen molar-refractivity contribution >= 4 is 23.5 Å².